The Hall–Kier alpha value is -1.26. The zero-order valence-electron chi connectivity index (χ0n) is 12.1. The van der Waals surface area contributed by atoms with Gasteiger partial charge >= 0.3 is 0 Å². The van der Waals surface area contributed by atoms with E-state index in [1.165, 1.54) is 0 Å². The molecule has 0 amide bonds. The number of aliphatic hydroxyl groups excluding tert-OH is 1. The van der Waals surface area contributed by atoms with Gasteiger partial charge in [-0.2, -0.15) is 0 Å². The monoisotopic (exact) mass is 267 g/mol. The van der Waals surface area contributed by atoms with E-state index in [1.54, 1.807) is 7.11 Å². The van der Waals surface area contributed by atoms with Crippen molar-refractivity contribution < 1.29 is 14.6 Å². The van der Waals surface area contributed by atoms with E-state index in [1.807, 2.05) is 25.1 Å². The lowest BCUT2D eigenvalue weighted by atomic mass is 10.2. The zero-order chi connectivity index (χ0) is 14.1. The van der Waals surface area contributed by atoms with Gasteiger partial charge in [0.1, 0.15) is 6.61 Å². The zero-order valence-corrected chi connectivity index (χ0v) is 12.1. The Morgan fingerprint density at radius 1 is 1.32 bits per heavy atom. The standard InChI is InChI=1S/C15H25NO3/c1-4-8-16-13(7-9-17)11-19-14-6-5-12(2)10-15(14)18-3/h5-6,10,13,16-17H,4,7-9,11H2,1-3H3. The number of hydrogen-bond acceptors (Lipinski definition) is 4. The Morgan fingerprint density at radius 2 is 2.11 bits per heavy atom. The highest BCUT2D eigenvalue weighted by atomic mass is 16.5. The van der Waals surface area contributed by atoms with Crippen LogP contribution in [-0.2, 0) is 0 Å². The van der Waals surface area contributed by atoms with Crippen LogP contribution in [0.2, 0.25) is 0 Å². The molecule has 0 saturated heterocycles. The molecule has 0 aliphatic heterocycles. The third-order valence-corrected chi connectivity index (χ3v) is 2.92. The van der Waals surface area contributed by atoms with Crippen molar-refractivity contribution in [3.05, 3.63) is 23.8 Å². The smallest absolute Gasteiger partial charge is 0.161 e. The van der Waals surface area contributed by atoms with Crippen LogP contribution in [0.5, 0.6) is 11.5 Å². The van der Waals surface area contributed by atoms with Crippen molar-refractivity contribution in [2.75, 3.05) is 26.9 Å². The van der Waals surface area contributed by atoms with Gasteiger partial charge in [0, 0.05) is 12.6 Å². The van der Waals surface area contributed by atoms with Gasteiger partial charge in [-0.1, -0.05) is 13.0 Å². The molecule has 1 atom stereocenters. The summed E-state index contributed by atoms with van der Waals surface area (Å²) < 4.78 is 11.1. The van der Waals surface area contributed by atoms with Gasteiger partial charge < -0.3 is 19.9 Å². The molecule has 2 N–H and O–H groups in total. The van der Waals surface area contributed by atoms with Crippen LogP contribution in [0.25, 0.3) is 0 Å². The van der Waals surface area contributed by atoms with Crippen LogP contribution in [0.4, 0.5) is 0 Å². The molecule has 4 heteroatoms. The van der Waals surface area contributed by atoms with Gasteiger partial charge in [0.05, 0.1) is 7.11 Å². The number of benzene rings is 1. The minimum absolute atomic E-state index is 0.162. The first-order chi connectivity index (χ1) is 9.21. The molecule has 0 saturated carbocycles. The second-order valence-corrected chi connectivity index (χ2v) is 4.63. The predicted octanol–water partition coefficient (Wildman–Crippen LogP) is 2.13. The lowest BCUT2D eigenvalue weighted by Crippen LogP contribution is -2.36. The maximum absolute atomic E-state index is 9.05. The Bertz CT molecular complexity index is 368. The maximum atomic E-state index is 9.05. The van der Waals surface area contributed by atoms with Crippen molar-refractivity contribution in [1.82, 2.24) is 5.32 Å². The topological polar surface area (TPSA) is 50.7 Å². The fraction of sp³-hybridized carbons (Fsp3) is 0.600. The van der Waals surface area contributed by atoms with E-state index in [-0.39, 0.29) is 12.6 Å². The number of nitrogens with one attached hydrogen (secondary N) is 1. The van der Waals surface area contributed by atoms with Crippen LogP contribution in [0.15, 0.2) is 18.2 Å². The first-order valence-electron chi connectivity index (χ1n) is 6.83. The van der Waals surface area contributed by atoms with Crippen molar-refractivity contribution in [3.8, 4) is 11.5 Å². The number of ether oxygens (including phenoxy) is 2. The van der Waals surface area contributed by atoms with Gasteiger partial charge in [-0.3, -0.25) is 0 Å². The second kappa shape index (κ2) is 8.77. The number of aliphatic hydroxyl groups is 1. The Kier molecular flexibility index (Phi) is 7.30. The summed E-state index contributed by atoms with van der Waals surface area (Å²) in [5, 5.41) is 12.4. The molecule has 1 aromatic rings. The van der Waals surface area contributed by atoms with E-state index in [0.717, 1.165) is 30.0 Å². The number of rotatable bonds is 9. The molecule has 1 rings (SSSR count). The molecule has 19 heavy (non-hydrogen) atoms. The van der Waals surface area contributed by atoms with Crippen molar-refractivity contribution >= 4 is 0 Å². The van der Waals surface area contributed by atoms with Crippen LogP contribution >= 0.6 is 0 Å². The molecule has 0 aliphatic carbocycles. The molecule has 0 radical (unpaired) electrons. The third-order valence-electron chi connectivity index (χ3n) is 2.92. The van der Waals surface area contributed by atoms with Gasteiger partial charge in [-0.25, -0.2) is 0 Å². The van der Waals surface area contributed by atoms with Crippen LogP contribution in [0.3, 0.4) is 0 Å². The summed E-state index contributed by atoms with van der Waals surface area (Å²) in [6.07, 6.45) is 1.75. The molecule has 108 valence electrons. The molecular weight excluding hydrogens is 242 g/mol. The van der Waals surface area contributed by atoms with Crippen molar-refractivity contribution in [2.45, 2.75) is 32.7 Å². The van der Waals surface area contributed by atoms with Crippen LogP contribution in [0, 0.1) is 6.92 Å². The van der Waals surface area contributed by atoms with Crippen LogP contribution in [0.1, 0.15) is 25.3 Å². The fourth-order valence-corrected chi connectivity index (χ4v) is 1.83. The van der Waals surface area contributed by atoms with Crippen molar-refractivity contribution in [3.63, 3.8) is 0 Å². The Morgan fingerprint density at radius 3 is 2.74 bits per heavy atom. The summed E-state index contributed by atoms with van der Waals surface area (Å²) in [4.78, 5) is 0. The molecule has 0 fully saturated rings. The highest BCUT2D eigenvalue weighted by Crippen LogP contribution is 2.27. The molecule has 0 heterocycles. The van der Waals surface area contributed by atoms with E-state index >= 15 is 0 Å². The van der Waals surface area contributed by atoms with Gasteiger partial charge in [0.25, 0.3) is 0 Å². The van der Waals surface area contributed by atoms with Gasteiger partial charge in [0.15, 0.2) is 11.5 Å². The summed E-state index contributed by atoms with van der Waals surface area (Å²) in [6.45, 7) is 5.76. The minimum Gasteiger partial charge on any atom is -0.493 e. The largest absolute Gasteiger partial charge is 0.493 e. The van der Waals surface area contributed by atoms with Crippen LogP contribution in [-0.4, -0.2) is 38.0 Å². The Labute approximate surface area is 115 Å². The summed E-state index contributed by atoms with van der Waals surface area (Å²) in [6, 6.07) is 6.04. The molecule has 4 nitrogen and oxygen atoms in total. The molecule has 0 spiro atoms. The molecular formula is C15H25NO3. The summed E-state index contributed by atoms with van der Waals surface area (Å²) >= 11 is 0. The first-order valence-corrected chi connectivity index (χ1v) is 6.83. The molecule has 0 aromatic heterocycles. The quantitative estimate of drug-likeness (QED) is 0.719. The minimum atomic E-state index is 0.162. The van der Waals surface area contributed by atoms with Gasteiger partial charge in [-0.15, -0.1) is 0 Å². The van der Waals surface area contributed by atoms with E-state index in [4.69, 9.17) is 14.6 Å². The van der Waals surface area contributed by atoms with Crippen LogP contribution < -0.4 is 14.8 Å². The summed E-state index contributed by atoms with van der Waals surface area (Å²) in [5.41, 5.74) is 1.14. The first kappa shape index (κ1) is 15.8. The van der Waals surface area contributed by atoms with Crippen molar-refractivity contribution in [1.29, 1.82) is 0 Å². The average molecular weight is 267 g/mol. The molecule has 0 bridgehead atoms. The second-order valence-electron chi connectivity index (χ2n) is 4.63. The van der Waals surface area contributed by atoms with E-state index in [0.29, 0.717) is 13.0 Å². The van der Waals surface area contributed by atoms with E-state index in [2.05, 4.69) is 12.2 Å². The van der Waals surface area contributed by atoms with Gasteiger partial charge in [-0.05, 0) is 44.0 Å². The Balaban J connectivity index is 2.57. The summed E-state index contributed by atoms with van der Waals surface area (Å²) in [5.74, 6) is 1.49. The van der Waals surface area contributed by atoms with Crippen molar-refractivity contribution in [2.24, 2.45) is 0 Å². The molecule has 0 aliphatic rings. The predicted molar refractivity (Wildman–Crippen MR) is 77.0 cm³/mol. The average Bonchev–Trinajstić information content (AvgIpc) is 2.42. The molecule has 1 unspecified atom stereocenters. The van der Waals surface area contributed by atoms with E-state index < -0.39 is 0 Å². The summed E-state index contributed by atoms with van der Waals surface area (Å²) in [7, 11) is 1.64. The normalized spacial score (nSPS) is 12.2. The SMILES string of the molecule is CCCNC(CCO)COc1ccc(C)cc1OC. The lowest BCUT2D eigenvalue weighted by molar-refractivity contribution is 0.209. The van der Waals surface area contributed by atoms with E-state index in [9.17, 15) is 0 Å². The fourth-order valence-electron chi connectivity index (χ4n) is 1.83. The number of aryl methyl sites for hydroxylation is 1. The highest BCUT2D eigenvalue weighted by molar-refractivity contribution is 5.42. The lowest BCUT2D eigenvalue weighted by Gasteiger charge is -2.19. The highest BCUT2D eigenvalue weighted by Gasteiger charge is 2.10. The molecule has 1 aromatic carbocycles. The van der Waals surface area contributed by atoms with Gasteiger partial charge in [0.2, 0.25) is 0 Å². The number of methoxy groups -OCH3 is 1. The number of hydrogen-bond donors (Lipinski definition) is 2. The maximum Gasteiger partial charge on any atom is 0.161 e. The third kappa shape index (κ3) is 5.49.